The number of aliphatic hydroxyl groups is 1. The van der Waals surface area contributed by atoms with Crippen molar-refractivity contribution in [3.05, 3.63) is 29.3 Å². The van der Waals surface area contributed by atoms with Crippen molar-refractivity contribution in [3.63, 3.8) is 0 Å². The molecule has 8 heteroatoms. The van der Waals surface area contributed by atoms with Gasteiger partial charge in [-0.15, -0.1) is 0 Å². The van der Waals surface area contributed by atoms with Crippen LogP contribution in [0.5, 0.6) is 0 Å². The van der Waals surface area contributed by atoms with Crippen LogP contribution in [0.2, 0.25) is 0 Å². The first-order chi connectivity index (χ1) is 9.61. The summed E-state index contributed by atoms with van der Waals surface area (Å²) >= 11 is 0. The Morgan fingerprint density at radius 3 is 2.52 bits per heavy atom. The third kappa shape index (κ3) is 4.18. The lowest BCUT2D eigenvalue weighted by Crippen LogP contribution is -2.47. The van der Waals surface area contributed by atoms with Crippen LogP contribution in [0.1, 0.15) is 18.1 Å². The Bertz CT molecular complexity index is 577. The van der Waals surface area contributed by atoms with Gasteiger partial charge < -0.3 is 15.7 Å². The van der Waals surface area contributed by atoms with Gasteiger partial charge in [0.2, 0.25) is 0 Å². The quantitative estimate of drug-likeness (QED) is 0.786. The zero-order chi connectivity index (χ0) is 16.3. The van der Waals surface area contributed by atoms with Crippen LogP contribution < -0.4 is 10.6 Å². The topological polar surface area (TPSA) is 85.2 Å². The first kappa shape index (κ1) is 16.9. The number of anilines is 1. The highest BCUT2D eigenvalue weighted by Gasteiger charge is 2.35. The van der Waals surface area contributed by atoms with Gasteiger partial charge in [-0.2, -0.15) is 18.4 Å². The van der Waals surface area contributed by atoms with Gasteiger partial charge in [0.15, 0.2) is 5.60 Å². The second kappa shape index (κ2) is 6.11. The molecule has 0 aromatic heterocycles. The van der Waals surface area contributed by atoms with Crippen molar-refractivity contribution < 1.29 is 23.1 Å². The van der Waals surface area contributed by atoms with Crippen molar-refractivity contribution in [2.45, 2.75) is 18.7 Å². The number of hydrogen-bond donors (Lipinski definition) is 3. The fraction of sp³-hybridized carbons (Fsp3) is 0.385. The first-order valence-corrected chi connectivity index (χ1v) is 5.91. The molecule has 0 heterocycles. The summed E-state index contributed by atoms with van der Waals surface area (Å²) in [5.41, 5.74) is -3.61. The highest BCUT2D eigenvalue weighted by Crippen LogP contribution is 2.33. The lowest BCUT2D eigenvalue weighted by Gasteiger charge is -2.22. The van der Waals surface area contributed by atoms with Crippen LogP contribution in [0, 0.1) is 11.3 Å². The number of likely N-dealkylation sites (N-methyl/N-ethyl adjacent to an activating group) is 1. The molecule has 114 valence electrons. The summed E-state index contributed by atoms with van der Waals surface area (Å²) in [6.45, 7) is 1.16. The number of benzene rings is 1. The Morgan fingerprint density at radius 2 is 2.05 bits per heavy atom. The summed E-state index contributed by atoms with van der Waals surface area (Å²) in [5, 5.41) is 23.3. The number of carbonyl (C=O) groups is 1. The minimum atomic E-state index is -4.71. The molecule has 1 aromatic rings. The average molecular weight is 301 g/mol. The van der Waals surface area contributed by atoms with E-state index in [0.717, 1.165) is 6.07 Å². The second-order valence-electron chi connectivity index (χ2n) is 4.63. The number of carbonyl (C=O) groups excluding carboxylic acids is 1. The van der Waals surface area contributed by atoms with Crippen molar-refractivity contribution in [2.75, 3.05) is 18.9 Å². The van der Waals surface area contributed by atoms with Crippen molar-refractivity contribution in [2.24, 2.45) is 0 Å². The Kier molecular flexibility index (Phi) is 4.93. The SMILES string of the molecule is CNCC(C)(O)C(=O)Nc1ccc(C#N)c(C(F)(F)F)c1. The van der Waals surface area contributed by atoms with Gasteiger partial charge >= 0.3 is 6.18 Å². The van der Waals surface area contributed by atoms with E-state index in [4.69, 9.17) is 5.26 Å². The monoisotopic (exact) mass is 301 g/mol. The van der Waals surface area contributed by atoms with E-state index in [0.29, 0.717) is 6.07 Å². The van der Waals surface area contributed by atoms with Gasteiger partial charge in [0, 0.05) is 12.2 Å². The molecule has 0 radical (unpaired) electrons. The summed E-state index contributed by atoms with van der Waals surface area (Å²) in [5.74, 6) is -0.852. The predicted molar refractivity (Wildman–Crippen MR) is 69.3 cm³/mol. The number of amides is 1. The Labute approximate surface area is 119 Å². The standard InChI is InChI=1S/C13H14F3N3O2/c1-12(21,7-18-2)11(20)19-9-4-3-8(6-17)10(5-9)13(14,15)16/h3-5,18,21H,7H2,1-2H3,(H,19,20). The van der Waals surface area contributed by atoms with Crippen LogP contribution in [0.15, 0.2) is 18.2 Å². The van der Waals surface area contributed by atoms with Gasteiger partial charge in [0.25, 0.3) is 5.91 Å². The number of halogens is 3. The maximum Gasteiger partial charge on any atom is 0.417 e. The van der Waals surface area contributed by atoms with E-state index in [-0.39, 0.29) is 12.2 Å². The van der Waals surface area contributed by atoms with Crippen molar-refractivity contribution in [1.82, 2.24) is 5.32 Å². The minimum Gasteiger partial charge on any atom is -0.379 e. The van der Waals surface area contributed by atoms with E-state index < -0.39 is 28.8 Å². The fourth-order valence-electron chi connectivity index (χ4n) is 1.64. The van der Waals surface area contributed by atoms with Gasteiger partial charge in [-0.3, -0.25) is 4.79 Å². The lowest BCUT2D eigenvalue weighted by molar-refractivity contribution is -0.138. The molecule has 0 aliphatic rings. The molecule has 1 unspecified atom stereocenters. The van der Waals surface area contributed by atoms with Crippen LogP contribution in [0.25, 0.3) is 0 Å². The maximum absolute atomic E-state index is 12.8. The van der Waals surface area contributed by atoms with Crippen LogP contribution in [0.3, 0.4) is 0 Å². The molecule has 0 saturated carbocycles. The molecule has 1 rings (SSSR count). The Morgan fingerprint density at radius 1 is 1.43 bits per heavy atom. The van der Waals surface area contributed by atoms with E-state index in [2.05, 4.69) is 10.6 Å². The predicted octanol–water partition coefficient (Wildman–Crippen LogP) is 1.49. The van der Waals surface area contributed by atoms with Crippen molar-refractivity contribution >= 4 is 11.6 Å². The molecular weight excluding hydrogens is 287 g/mol. The van der Waals surface area contributed by atoms with E-state index in [1.54, 1.807) is 0 Å². The Hall–Kier alpha value is -2.11. The van der Waals surface area contributed by atoms with E-state index >= 15 is 0 Å². The van der Waals surface area contributed by atoms with Gasteiger partial charge in [0.05, 0.1) is 17.2 Å². The maximum atomic E-state index is 12.8. The average Bonchev–Trinajstić information content (AvgIpc) is 2.37. The number of nitrogens with zero attached hydrogens (tertiary/aromatic N) is 1. The number of hydrogen-bond acceptors (Lipinski definition) is 4. The van der Waals surface area contributed by atoms with Gasteiger partial charge in [-0.25, -0.2) is 0 Å². The molecule has 1 atom stereocenters. The minimum absolute atomic E-state index is 0.0682. The zero-order valence-electron chi connectivity index (χ0n) is 11.4. The van der Waals surface area contributed by atoms with Crippen LogP contribution >= 0.6 is 0 Å². The number of nitrogens with one attached hydrogen (secondary N) is 2. The first-order valence-electron chi connectivity index (χ1n) is 5.91. The third-order valence-electron chi connectivity index (χ3n) is 2.71. The molecule has 0 aliphatic carbocycles. The number of nitriles is 1. The molecule has 3 N–H and O–H groups in total. The molecule has 0 spiro atoms. The van der Waals surface area contributed by atoms with E-state index in [9.17, 15) is 23.1 Å². The molecule has 0 bridgehead atoms. The fourth-order valence-corrected chi connectivity index (χ4v) is 1.64. The molecule has 0 saturated heterocycles. The second-order valence-corrected chi connectivity index (χ2v) is 4.63. The van der Waals surface area contributed by atoms with E-state index in [1.165, 1.54) is 26.1 Å². The molecule has 21 heavy (non-hydrogen) atoms. The van der Waals surface area contributed by atoms with E-state index in [1.807, 2.05) is 0 Å². The summed E-state index contributed by atoms with van der Waals surface area (Å²) < 4.78 is 38.4. The van der Waals surface area contributed by atoms with Crippen LogP contribution in [0.4, 0.5) is 18.9 Å². The van der Waals surface area contributed by atoms with Gasteiger partial charge in [-0.1, -0.05) is 0 Å². The lowest BCUT2D eigenvalue weighted by atomic mass is 10.0. The zero-order valence-corrected chi connectivity index (χ0v) is 11.4. The summed E-state index contributed by atoms with van der Waals surface area (Å²) in [6, 6.07) is 4.23. The van der Waals surface area contributed by atoms with Gasteiger partial charge in [-0.05, 0) is 32.2 Å². The molecule has 1 aromatic carbocycles. The summed E-state index contributed by atoms with van der Waals surface area (Å²) in [6.07, 6.45) is -4.71. The molecule has 5 nitrogen and oxygen atoms in total. The molecular formula is C13H14F3N3O2. The summed E-state index contributed by atoms with van der Waals surface area (Å²) in [7, 11) is 1.52. The highest BCUT2D eigenvalue weighted by molar-refractivity contribution is 5.97. The largest absolute Gasteiger partial charge is 0.417 e. The molecule has 1 amide bonds. The van der Waals surface area contributed by atoms with Crippen molar-refractivity contribution in [3.8, 4) is 6.07 Å². The Balaban J connectivity index is 3.07. The third-order valence-corrected chi connectivity index (χ3v) is 2.71. The van der Waals surface area contributed by atoms with Crippen molar-refractivity contribution in [1.29, 1.82) is 5.26 Å². The molecule has 0 fully saturated rings. The number of alkyl halides is 3. The highest BCUT2D eigenvalue weighted by atomic mass is 19.4. The molecule has 0 aliphatic heterocycles. The van der Waals surface area contributed by atoms with Crippen LogP contribution in [-0.2, 0) is 11.0 Å². The van der Waals surface area contributed by atoms with Gasteiger partial charge in [0.1, 0.15) is 0 Å². The van der Waals surface area contributed by atoms with Crippen LogP contribution in [-0.4, -0.2) is 30.2 Å². The smallest absolute Gasteiger partial charge is 0.379 e. The normalized spacial score (nSPS) is 14.1. The summed E-state index contributed by atoms with van der Waals surface area (Å²) in [4.78, 5) is 11.8. The number of rotatable bonds is 4.